The Balaban J connectivity index is 0.976. The minimum absolute atomic E-state index is 0.0710. The van der Waals surface area contributed by atoms with Gasteiger partial charge in [0.05, 0.1) is 13.2 Å². The zero-order chi connectivity index (χ0) is 26.9. The second kappa shape index (κ2) is 11.6. The number of hydrogen-bond donors (Lipinski definition) is 1. The Morgan fingerprint density at radius 2 is 1.97 bits per heavy atom. The SMILES string of the molecule is CC1(C)OC[C@H](Cn2ccc3c(/C=C/CSSN4CCC5(CC4)N=C(C4CCCCC4)NC5=O)cccc32)O1. The van der Waals surface area contributed by atoms with Gasteiger partial charge in [0.2, 0.25) is 0 Å². The van der Waals surface area contributed by atoms with Gasteiger partial charge in [0.15, 0.2) is 5.79 Å². The van der Waals surface area contributed by atoms with Crippen LogP contribution in [-0.4, -0.2) is 63.5 Å². The summed E-state index contributed by atoms with van der Waals surface area (Å²) in [6.45, 7) is 7.15. The van der Waals surface area contributed by atoms with E-state index in [0.717, 1.165) is 44.1 Å². The number of nitrogens with one attached hydrogen (secondary N) is 1. The molecule has 1 aromatic heterocycles. The zero-order valence-corrected chi connectivity index (χ0v) is 24.7. The Morgan fingerprint density at radius 1 is 1.15 bits per heavy atom. The van der Waals surface area contributed by atoms with Crippen LogP contribution in [-0.2, 0) is 20.8 Å². The first kappa shape index (κ1) is 27.4. The van der Waals surface area contributed by atoms with Crippen molar-refractivity contribution < 1.29 is 14.3 Å². The third-order valence-corrected chi connectivity index (χ3v) is 10.8. The average molecular weight is 569 g/mol. The van der Waals surface area contributed by atoms with Crippen LogP contribution in [0.15, 0.2) is 41.5 Å². The second-order valence-electron chi connectivity index (χ2n) is 11.7. The van der Waals surface area contributed by atoms with Crippen LogP contribution in [0.25, 0.3) is 17.0 Å². The number of aliphatic imine (C=N–C) groups is 1. The van der Waals surface area contributed by atoms with E-state index < -0.39 is 11.3 Å². The van der Waals surface area contributed by atoms with Crippen LogP contribution in [0.5, 0.6) is 0 Å². The number of hydrogen-bond acceptors (Lipinski definition) is 7. The Kier molecular flexibility index (Phi) is 8.15. The molecule has 3 aliphatic heterocycles. The van der Waals surface area contributed by atoms with Gasteiger partial charge in [-0.25, -0.2) is 4.31 Å². The molecule has 2 aromatic rings. The monoisotopic (exact) mass is 568 g/mol. The van der Waals surface area contributed by atoms with Crippen molar-refractivity contribution in [3.05, 3.63) is 42.1 Å². The van der Waals surface area contributed by atoms with Crippen molar-refractivity contribution in [3.8, 4) is 0 Å². The van der Waals surface area contributed by atoms with Crippen molar-refractivity contribution in [1.29, 1.82) is 0 Å². The molecule has 0 unspecified atom stereocenters. The van der Waals surface area contributed by atoms with E-state index in [9.17, 15) is 4.79 Å². The average Bonchev–Trinajstić information content (AvgIpc) is 3.61. The molecule has 1 aliphatic carbocycles. The van der Waals surface area contributed by atoms with Gasteiger partial charge in [0, 0.05) is 41.9 Å². The highest BCUT2D eigenvalue weighted by Crippen LogP contribution is 2.38. The fraction of sp³-hybridized carbons (Fsp3) is 0.600. The van der Waals surface area contributed by atoms with E-state index in [4.69, 9.17) is 14.5 Å². The van der Waals surface area contributed by atoms with Crippen molar-refractivity contribution in [1.82, 2.24) is 14.2 Å². The molecule has 6 rings (SSSR count). The molecule has 1 aromatic carbocycles. The zero-order valence-electron chi connectivity index (χ0n) is 23.1. The third-order valence-electron chi connectivity index (χ3n) is 8.48. The van der Waals surface area contributed by atoms with Crippen LogP contribution >= 0.6 is 21.8 Å². The molecule has 39 heavy (non-hydrogen) atoms. The number of nitrogens with zero attached hydrogens (tertiary/aromatic N) is 3. The number of piperidine rings is 1. The van der Waals surface area contributed by atoms with Gasteiger partial charge >= 0.3 is 0 Å². The molecule has 1 spiro atoms. The van der Waals surface area contributed by atoms with Crippen LogP contribution in [0.1, 0.15) is 64.4 Å². The largest absolute Gasteiger partial charge is 0.348 e. The lowest BCUT2D eigenvalue weighted by atomic mass is 9.88. The van der Waals surface area contributed by atoms with Crippen LogP contribution in [0.2, 0.25) is 0 Å². The predicted molar refractivity (Wildman–Crippen MR) is 162 cm³/mol. The molecular formula is C30H40N4O3S2. The van der Waals surface area contributed by atoms with E-state index in [1.54, 1.807) is 0 Å². The first-order chi connectivity index (χ1) is 18.9. The van der Waals surface area contributed by atoms with Gasteiger partial charge in [-0.1, -0.05) is 54.3 Å². The number of benzene rings is 1. The highest BCUT2D eigenvalue weighted by atomic mass is 33.1. The lowest BCUT2D eigenvalue weighted by molar-refractivity contribution is -0.139. The Bertz CT molecular complexity index is 1240. The molecule has 4 aliphatic rings. The van der Waals surface area contributed by atoms with Crippen LogP contribution < -0.4 is 5.32 Å². The number of amides is 1. The van der Waals surface area contributed by atoms with E-state index >= 15 is 0 Å². The summed E-state index contributed by atoms with van der Waals surface area (Å²) >= 11 is 0. The maximum Gasteiger partial charge on any atom is 0.253 e. The van der Waals surface area contributed by atoms with Gasteiger partial charge in [0.1, 0.15) is 17.5 Å². The maximum absolute atomic E-state index is 12.9. The quantitative estimate of drug-likeness (QED) is 0.238. The number of aromatic nitrogens is 1. The Labute approximate surface area is 239 Å². The second-order valence-corrected chi connectivity index (χ2v) is 14.1. The van der Waals surface area contributed by atoms with Crippen molar-refractivity contribution in [2.24, 2.45) is 10.9 Å². The molecule has 0 bridgehead atoms. The smallest absolute Gasteiger partial charge is 0.253 e. The van der Waals surface area contributed by atoms with Crippen molar-refractivity contribution >= 4 is 50.5 Å². The van der Waals surface area contributed by atoms with Crippen LogP contribution in [0.3, 0.4) is 0 Å². The van der Waals surface area contributed by atoms with Crippen molar-refractivity contribution in [2.45, 2.75) is 82.8 Å². The predicted octanol–water partition coefficient (Wildman–Crippen LogP) is 6.05. The fourth-order valence-corrected chi connectivity index (χ4v) is 8.35. The van der Waals surface area contributed by atoms with Crippen molar-refractivity contribution in [3.63, 3.8) is 0 Å². The summed E-state index contributed by atoms with van der Waals surface area (Å²) in [6, 6.07) is 8.68. The number of carbonyl (C=O) groups excluding carboxylic acids is 1. The molecule has 4 heterocycles. The molecule has 3 fully saturated rings. The topological polar surface area (TPSA) is 68.1 Å². The molecule has 1 amide bonds. The molecule has 7 nitrogen and oxygen atoms in total. The highest BCUT2D eigenvalue weighted by molar-refractivity contribution is 8.75. The summed E-state index contributed by atoms with van der Waals surface area (Å²) in [5.41, 5.74) is 1.94. The Morgan fingerprint density at radius 3 is 2.74 bits per heavy atom. The van der Waals surface area contributed by atoms with Gasteiger partial charge in [-0.2, -0.15) is 0 Å². The molecule has 2 saturated heterocycles. The lowest BCUT2D eigenvalue weighted by Crippen LogP contribution is -2.47. The fourth-order valence-electron chi connectivity index (χ4n) is 6.32. The number of carbonyl (C=O) groups is 1. The summed E-state index contributed by atoms with van der Waals surface area (Å²) in [4.78, 5) is 17.9. The minimum Gasteiger partial charge on any atom is -0.348 e. The summed E-state index contributed by atoms with van der Waals surface area (Å²) < 4.78 is 16.4. The molecule has 0 radical (unpaired) electrons. The molecule has 210 valence electrons. The van der Waals surface area contributed by atoms with Gasteiger partial charge in [-0.05, 0) is 68.2 Å². The van der Waals surface area contributed by atoms with E-state index in [-0.39, 0.29) is 12.0 Å². The number of fused-ring (bicyclic) bond motifs is 1. The molecule has 1 saturated carbocycles. The number of amidine groups is 1. The summed E-state index contributed by atoms with van der Waals surface area (Å²) in [5, 5.41) is 4.43. The number of ether oxygens (including phenoxy) is 2. The lowest BCUT2D eigenvalue weighted by Gasteiger charge is -2.34. The van der Waals surface area contributed by atoms with E-state index in [2.05, 4.69) is 56.8 Å². The molecule has 9 heteroatoms. The van der Waals surface area contributed by atoms with Gasteiger partial charge < -0.3 is 19.4 Å². The van der Waals surface area contributed by atoms with E-state index in [1.165, 1.54) is 48.6 Å². The Hall–Kier alpha value is -1.78. The van der Waals surface area contributed by atoms with E-state index in [1.807, 2.05) is 35.6 Å². The van der Waals surface area contributed by atoms with Gasteiger partial charge in [0.25, 0.3) is 5.91 Å². The van der Waals surface area contributed by atoms with Crippen LogP contribution in [0, 0.1) is 5.92 Å². The standard InChI is InChI=1S/C30H40N4O3S2/c1-29(2)36-21-24(37-29)20-33-16-13-25-22(10-6-12-26(25)33)11-7-19-38-39-34-17-14-30(15-18-34)28(35)31-27(32-30)23-8-4-3-5-9-23/h6-7,10-13,16,23-24H,3-5,8-9,14-15,17-21H2,1-2H3,(H,31,32,35)/b11-7+/t24-/m0/s1. The summed E-state index contributed by atoms with van der Waals surface area (Å²) in [5.74, 6) is 2.01. The maximum atomic E-state index is 12.9. The normalized spacial score (nSPS) is 25.6. The molecule has 1 atom stereocenters. The third kappa shape index (κ3) is 6.12. The minimum atomic E-state index is -0.517. The molecule has 1 N–H and O–H groups in total. The van der Waals surface area contributed by atoms with Gasteiger partial charge in [-0.15, -0.1) is 0 Å². The van der Waals surface area contributed by atoms with E-state index in [0.29, 0.717) is 12.5 Å². The summed E-state index contributed by atoms with van der Waals surface area (Å²) in [6.07, 6.45) is 14.5. The first-order valence-electron chi connectivity index (χ1n) is 14.4. The highest BCUT2D eigenvalue weighted by Gasteiger charge is 2.47. The van der Waals surface area contributed by atoms with Gasteiger partial charge in [-0.3, -0.25) is 9.79 Å². The number of rotatable bonds is 8. The van der Waals surface area contributed by atoms with Crippen molar-refractivity contribution in [2.75, 3.05) is 25.4 Å². The summed E-state index contributed by atoms with van der Waals surface area (Å²) in [7, 11) is 3.67. The van der Waals surface area contributed by atoms with Crippen LogP contribution in [0.4, 0.5) is 0 Å². The molecular weight excluding hydrogens is 528 g/mol. The first-order valence-corrected chi connectivity index (χ1v) is 16.7.